The first-order valence-electron chi connectivity index (χ1n) is 13.1. The predicted molar refractivity (Wildman–Crippen MR) is 152 cm³/mol. The van der Waals surface area contributed by atoms with E-state index in [1.165, 1.54) is 19.1 Å². The summed E-state index contributed by atoms with van der Waals surface area (Å²) < 4.78 is 26.6. The molecule has 12 nitrogen and oxygen atoms in total. The molecule has 0 spiro atoms. The van der Waals surface area contributed by atoms with E-state index in [1.807, 2.05) is 0 Å². The van der Waals surface area contributed by atoms with Crippen LogP contribution in [0, 0.1) is 0 Å². The molecule has 3 amide bonds. The zero-order valence-electron chi connectivity index (χ0n) is 22.7. The molecule has 5 N–H and O–H groups in total. The molecule has 0 radical (unpaired) electrons. The van der Waals surface area contributed by atoms with E-state index in [2.05, 4.69) is 9.69 Å². The number of carbonyl (C=O) groups excluding carboxylic acids is 3. The molecule has 41 heavy (non-hydrogen) atoms. The number of methoxy groups -OCH3 is 2. The van der Waals surface area contributed by atoms with Gasteiger partial charge in [0.05, 0.1) is 19.9 Å². The number of carbonyl (C=O) groups is 3. The Morgan fingerprint density at radius 1 is 1.05 bits per heavy atom. The molecule has 1 aromatic heterocycles. The number of hydrogen-bond acceptors (Lipinski definition) is 10. The average Bonchev–Trinajstić information content (AvgIpc) is 3.64. The summed E-state index contributed by atoms with van der Waals surface area (Å²) in [6.07, 6.45) is 3.65. The summed E-state index contributed by atoms with van der Waals surface area (Å²) in [6, 6.07) is 8.68. The molecule has 1 atom stereocenters. The number of anilines is 2. The molecule has 0 bridgehead atoms. The Kier molecular flexibility index (Phi) is 8.15. The van der Waals surface area contributed by atoms with Crippen molar-refractivity contribution in [3.8, 4) is 23.0 Å². The van der Waals surface area contributed by atoms with Crippen molar-refractivity contribution >= 4 is 40.6 Å². The smallest absolute Gasteiger partial charge is 0.273 e. The molecule has 3 aromatic rings. The normalized spacial score (nSPS) is 15.2. The van der Waals surface area contributed by atoms with Crippen LogP contribution in [0.25, 0.3) is 0 Å². The second kappa shape index (κ2) is 11.9. The van der Waals surface area contributed by atoms with Gasteiger partial charge in [-0.2, -0.15) is 4.37 Å². The first-order chi connectivity index (χ1) is 19.8. The fourth-order valence-corrected chi connectivity index (χ4v) is 5.85. The molecule has 216 valence electrons. The van der Waals surface area contributed by atoms with Crippen LogP contribution < -0.4 is 40.6 Å². The highest BCUT2D eigenvalue weighted by Gasteiger charge is 2.39. The van der Waals surface area contributed by atoms with E-state index in [0.717, 1.165) is 37.2 Å². The van der Waals surface area contributed by atoms with Crippen LogP contribution in [0.1, 0.15) is 57.4 Å². The summed E-state index contributed by atoms with van der Waals surface area (Å²) in [5.74, 6) is -0.217. The average molecular weight is 582 g/mol. The van der Waals surface area contributed by atoms with Crippen molar-refractivity contribution in [2.24, 2.45) is 5.73 Å². The summed E-state index contributed by atoms with van der Waals surface area (Å²) in [6.45, 7) is 0.708. The molecular formula is C28H31N5O7S. The predicted octanol–water partition coefficient (Wildman–Crippen LogP) is 3.06. The van der Waals surface area contributed by atoms with Gasteiger partial charge in [-0.15, -0.1) is 0 Å². The third kappa shape index (κ3) is 5.57. The molecule has 13 heteroatoms. The van der Waals surface area contributed by atoms with Crippen LogP contribution in [-0.4, -0.2) is 55.6 Å². The second-order valence-corrected chi connectivity index (χ2v) is 10.4. The largest absolute Gasteiger partial charge is 0.497 e. The number of ether oxygens (including phenoxy) is 4. The third-order valence-corrected chi connectivity index (χ3v) is 7.97. The van der Waals surface area contributed by atoms with Gasteiger partial charge in [-0.1, -0.05) is 12.8 Å². The van der Waals surface area contributed by atoms with Crippen LogP contribution in [0.4, 0.5) is 11.4 Å². The van der Waals surface area contributed by atoms with E-state index in [4.69, 9.17) is 30.4 Å². The lowest BCUT2D eigenvalue weighted by Gasteiger charge is -2.33. The van der Waals surface area contributed by atoms with Gasteiger partial charge in [-0.3, -0.25) is 19.3 Å². The topological polar surface area (TPSA) is 168 Å². The van der Waals surface area contributed by atoms with Crippen molar-refractivity contribution in [1.82, 2.24) is 9.69 Å². The first kappa shape index (κ1) is 28.0. The Hall–Kier alpha value is -4.52. The number of amides is 3. The van der Waals surface area contributed by atoms with Crippen LogP contribution in [-0.2, 0) is 4.79 Å². The van der Waals surface area contributed by atoms with E-state index >= 15 is 0 Å². The molecule has 2 aromatic carbocycles. The van der Waals surface area contributed by atoms with Crippen LogP contribution in [0.15, 0.2) is 36.4 Å². The van der Waals surface area contributed by atoms with Gasteiger partial charge in [0.1, 0.15) is 35.6 Å². The van der Waals surface area contributed by atoms with Crippen LogP contribution in [0.3, 0.4) is 0 Å². The lowest BCUT2D eigenvalue weighted by atomic mass is 10.00. The first-order valence-corrected chi connectivity index (χ1v) is 13.9. The van der Waals surface area contributed by atoms with Gasteiger partial charge >= 0.3 is 0 Å². The van der Waals surface area contributed by atoms with E-state index < -0.39 is 23.8 Å². The summed E-state index contributed by atoms with van der Waals surface area (Å²) in [5, 5.41) is 3.12. The van der Waals surface area contributed by atoms with Crippen LogP contribution in [0.5, 0.6) is 23.0 Å². The number of hydrogen-bond donors (Lipinski definition) is 3. The van der Waals surface area contributed by atoms with Crippen molar-refractivity contribution in [2.45, 2.75) is 37.8 Å². The van der Waals surface area contributed by atoms with Gasteiger partial charge in [0.15, 0.2) is 17.2 Å². The Bertz CT molecular complexity index is 1470. The SMILES string of the molecule is COc1ccc(OC)c([C@@H](C(=O)NC2CCCC2)N(C(=O)c2snc(C(N)=O)c2N)c2ccc3c(c2)OCCO3)c1. The van der Waals surface area contributed by atoms with E-state index in [9.17, 15) is 14.4 Å². The van der Waals surface area contributed by atoms with Gasteiger partial charge in [0, 0.05) is 23.4 Å². The third-order valence-electron chi connectivity index (χ3n) is 7.12. The maximum atomic E-state index is 14.4. The molecule has 1 fully saturated rings. The van der Waals surface area contributed by atoms with Crippen molar-refractivity contribution in [3.05, 3.63) is 52.5 Å². The fourth-order valence-electron chi connectivity index (χ4n) is 5.10. The highest BCUT2D eigenvalue weighted by Crippen LogP contribution is 2.41. The van der Waals surface area contributed by atoms with Crippen LogP contribution >= 0.6 is 11.5 Å². The minimum Gasteiger partial charge on any atom is -0.497 e. The van der Waals surface area contributed by atoms with Gasteiger partial charge in [-0.05, 0) is 54.7 Å². The Labute approximate surface area is 240 Å². The number of aromatic nitrogens is 1. The quantitative estimate of drug-likeness (QED) is 0.344. The minimum absolute atomic E-state index is 0.0470. The maximum absolute atomic E-state index is 14.4. The molecule has 0 saturated heterocycles. The molecule has 1 aliphatic carbocycles. The number of benzene rings is 2. The Balaban J connectivity index is 1.71. The molecule has 5 rings (SSSR count). The van der Waals surface area contributed by atoms with Gasteiger partial charge in [0.2, 0.25) is 5.91 Å². The monoisotopic (exact) mass is 581 g/mol. The number of nitrogens with zero attached hydrogens (tertiary/aromatic N) is 2. The fraction of sp³-hybridized carbons (Fsp3) is 0.357. The maximum Gasteiger partial charge on any atom is 0.273 e. The molecular weight excluding hydrogens is 550 g/mol. The van der Waals surface area contributed by atoms with Crippen molar-refractivity contribution < 1.29 is 33.3 Å². The number of nitrogen functional groups attached to an aromatic ring is 1. The number of nitrogens with one attached hydrogen (secondary N) is 1. The van der Waals surface area contributed by atoms with Crippen molar-refractivity contribution in [1.29, 1.82) is 0 Å². The van der Waals surface area contributed by atoms with Crippen molar-refractivity contribution in [2.75, 3.05) is 38.1 Å². The molecule has 1 aliphatic heterocycles. The molecule has 2 aliphatic rings. The van der Waals surface area contributed by atoms with Gasteiger partial charge < -0.3 is 35.7 Å². The Morgan fingerprint density at radius 2 is 1.78 bits per heavy atom. The summed E-state index contributed by atoms with van der Waals surface area (Å²) >= 11 is 0.729. The van der Waals surface area contributed by atoms with E-state index in [0.29, 0.717) is 47.5 Å². The van der Waals surface area contributed by atoms with E-state index in [-0.39, 0.29) is 22.3 Å². The zero-order valence-corrected chi connectivity index (χ0v) is 23.5. The molecule has 2 heterocycles. The number of primary amides is 1. The molecule has 0 unspecified atom stereocenters. The van der Waals surface area contributed by atoms with E-state index in [1.54, 1.807) is 36.4 Å². The lowest BCUT2D eigenvalue weighted by molar-refractivity contribution is -0.123. The highest BCUT2D eigenvalue weighted by atomic mass is 32.1. The van der Waals surface area contributed by atoms with Gasteiger partial charge in [-0.25, -0.2) is 0 Å². The summed E-state index contributed by atoms with van der Waals surface area (Å²) in [5.41, 5.74) is 11.9. The van der Waals surface area contributed by atoms with Crippen LogP contribution in [0.2, 0.25) is 0 Å². The number of fused-ring (bicyclic) bond motifs is 1. The number of rotatable bonds is 9. The highest BCUT2D eigenvalue weighted by molar-refractivity contribution is 7.09. The summed E-state index contributed by atoms with van der Waals surface area (Å²) in [4.78, 5) is 41.8. The Morgan fingerprint density at radius 3 is 2.44 bits per heavy atom. The lowest BCUT2D eigenvalue weighted by Crippen LogP contribution is -2.46. The zero-order chi connectivity index (χ0) is 29.1. The second-order valence-electron chi connectivity index (χ2n) is 9.64. The number of nitrogens with two attached hydrogens (primary N) is 2. The van der Waals surface area contributed by atoms with Crippen molar-refractivity contribution in [3.63, 3.8) is 0 Å². The summed E-state index contributed by atoms with van der Waals surface area (Å²) in [7, 11) is 2.99. The van der Waals surface area contributed by atoms with Gasteiger partial charge in [0.25, 0.3) is 11.8 Å². The molecule has 1 saturated carbocycles. The minimum atomic E-state index is -1.24. The standard InChI is InChI=1S/C28H31N5O7S/c1-37-17-8-10-19(38-2)18(14-17)24(27(35)31-15-5-3-4-6-15)33(16-7-9-20-21(13-16)40-12-11-39-20)28(36)25-22(29)23(26(30)34)32-41-25/h7-10,13-15,24H,3-6,11-12,29H2,1-2H3,(H2,30,34)(H,31,35)/t24-/m0/s1.